The molecule has 0 aromatic heterocycles. The first-order valence-corrected chi connectivity index (χ1v) is 9.30. The maximum absolute atomic E-state index is 4.43. The Morgan fingerprint density at radius 3 is 0.800 bits per heavy atom. The molecule has 0 amide bonds. The first-order chi connectivity index (χ1) is 9.06. The highest BCUT2D eigenvalue weighted by Crippen LogP contribution is 2.51. The zero-order valence-corrected chi connectivity index (χ0v) is 18.5. The van der Waals surface area contributed by atoms with Gasteiger partial charge in [-0.1, -0.05) is 104 Å². The lowest BCUT2D eigenvalue weighted by atomic mass is 9.56. The number of hydrogen-bond donors (Lipinski definition) is 1. The Morgan fingerprint density at radius 2 is 0.750 bits per heavy atom. The Labute approximate surface area is 138 Å². The van der Waals surface area contributed by atoms with E-state index in [9.17, 15) is 0 Å². The molecular formula is C19H48S. The van der Waals surface area contributed by atoms with E-state index in [2.05, 4.69) is 61.1 Å². The number of hydrogen-bond acceptors (Lipinski definition) is 1. The molecule has 0 nitrogen and oxygen atoms in total. The summed E-state index contributed by atoms with van der Waals surface area (Å²) in [6.45, 7) is 32.2. The third kappa shape index (κ3) is 12.1. The molecule has 0 heterocycles. The van der Waals surface area contributed by atoms with Gasteiger partial charge in [0.1, 0.15) is 0 Å². The lowest BCUT2D eigenvalue weighted by molar-refractivity contribution is 0.00936. The van der Waals surface area contributed by atoms with Crippen molar-refractivity contribution in [3.05, 3.63) is 0 Å². The third-order valence-corrected chi connectivity index (χ3v) is 4.75. The highest BCUT2D eigenvalue weighted by molar-refractivity contribution is 7.80. The van der Waals surface area contributed by atoms with Crippen LogP contribution in [0.1, 0.15) is 104 Å². The van der Waals surface area contributed by atoms with Crippen LogP contribution < -0.4 is 0 Å². The van der Waals surface area contributed by atoms with Crippen molar-refractivity contribution in [1.29, 1.82) is 0 Å². The molecule has 0 aliphatic carbocycles. The van der Waals surface area contributed by atoms with E-state index in [-0.39, 0.29) is 5.41 Å². The fourth-order valence-electron chi connectivity index (χ4n) is 1.21. The van der Waals surface area contributed by atoms with Gasteiger partial charge in [0.25, 0.3) is 0 Å². The van der Waals surface area contributed by atoms with Crippen LogP contribution in [0.5, 0.6) is 0 Å². The lowest BCUT2D eigenvalue weighted by Gasteiger charge is -2.50. The molecule has 130 valence electrons. The summed E-state index contributed by atoms with van der Waals surface area (Å²) in [5.41, 5.74) is 0.926. The van der Waals surface area contributed by atoms with Crippen molar-refractivity contribution in [3.63, 3.8) is 0 Å². The van der Waals surface area contributed by atoms with Crippen LogP contribution in [0, 0.1) is 16.2 Å². The van der Waals surface area contributed by atoms with E-state index >= 15 is 0 Å². The van der Waals surface area contributed by atoms with Crippen LogP contribution in [0.3, 0.4) is 0 Å². The van der Waals surface area contributed by atoms with Gasteiger partial charge in [0, 0.05) is 0 Å². The molecule has 0 unspecified atom stereocenters. The van der Waals surface area contributed by atoms with Gasteiger partial charge in [-0.05, 0) is 22.0 Å². The molecule has 0 saturated heterocycles. The topological polar surface area (TPSA) is 0 Å². The van der Waals surface area contributed by atoms with E-state index in [1.165, 1.54) is 0 Å². The average Bonchev–Trinajstić information content (AvgIpc) is 2.46. The largest absolute Gasteiger partial charge is 0.179 e. The minimum absolute atomic E-state index is 0.286. The summed E-state index contributed by atoms with van der Waals surface area (Å²) in [5.74, 6) is 0.942. The van der Waals surface area contributed by atoms with Crippen molar-refractivity contribution < 1.29 is 0 Å². The van der Waals surface area contributed by atoms with Crippen LogP contribution in [0.15, 0.2) is 0 Å². The maximum Gasteiger partial charge on any atom is -0.00411 e. The van der Waals surface area contributed by atoms with Crippen molar-refractivity contribution in [2.75, 3.05) is 5.75 Å². The normalized spacial score (nSPS) is 10.2. The van der Waals surface area contributed by atoms with Gasteiger partial charge in [-0.2, -0.15) is 12.6 Å². The number of rotatable bonds is 2. The molecule has 0 rings (SSSR count). The van der Waals surface area contributed by atoms with Gasteiger partial charge in [-0.25, -0.2) is 0 Å². The van der Waals surface area contributed by atoms with E-state index in [4.69, 9.17) is 0 Å². The molecule has 0 radical (unpaired) electrons. The Bertz CT molecular complexity index is 150. The minimum atomic E-state index is 0.286. The zero-order valence-electron chi connectivity index (χ0n) is 17.7. The van der Waals surface area contributed by atoms with Gasteiger partial charge < -0.3 is 0 Å². The lowest BCUT2D eigenvalue weighted by Crippen LogP contribution is -2.44. The Kier molecular flexibility index (Phi) is 28.1. The van der Waals surface area contributed by atoms with Crippen molar-refractivity contribution in [1.82, 2.24) is 0 Å². The number of thiol groups is 1. The molecule has 0 saturated carbocycles. The predicted octanol–water partition coefficient (Wildman–Crippen LogP) is 8.12. The molecule has 0 aromatic rings. The first-order valence-electron chi connectivity index (χ1n) is 8.67. The van der Waals surface area contributed by atoms with E-state index in [0.717, 1.165) is 5.75 Å². The highest BCUT2D eigenvalue weighted by Gasteiger charge is 2.44. The highest BCUT2D eigenvalue weighted by atomic mass is 32.1. The van der Waals surface area contributed by atoms with E-state index in [0.29, 0.717) is 10.8 Å². The van der Waals surface area contributed by atoms with Crippen molar-refractivity contribution in [2.24, 2.45) is 16.2 Å². The summed E-state index contributed by atoms with van der Waals surface area (Å²) in [6.07, 6.45) is 0. The molecule has 0 N–H and O–H groups in total. The van der Waals surface area contributed by atoms with Gasteiger partial charge in [0.05, 0.1) is 0 Å². The summed E-state index contributed by atoms with van der Waals surface area (Å²) in [7, 11) is 0. The predicted molar refractivity (Wildman–Crippen MR) is 106 cm³/mol. The molecule has 0 aliphatic rings. The molecule has 0 aromatic carbocycles. The van der Waals surface area contributed by atoms with Gasteiger partial charge in [-0.15, -0.1) is 0 Å². The van der Waals surface area contributed by atoms with Crippen LogP contribution in [-0.4, -0.2) is 5.75 Å². The second kappa shape index (κ2) is 17.4. The zero-order chi connectivity index (χ0) is 18.2. The van der Waals surface area contributed by atoms with Gasteiger partial charge in [0.15, 0.2) is 0 Å². The quantitative estimate of drug-likeness (QED) is 0.489. The Morgan fingerprint density at radius 1 is 0.550 bits per heavy atom. The molecule has 0 atom stereocenters. The van der Waals surface area contributed by atoms with Crippen LogP contribution in [0.25, 0.3) is 0 Å². The summed E-state index contributed by atoms with van der Waals surface area (Å²) >= 11 is 4.43. The summed E-state index contributed by atoms with van der Waals surface area (Å²) < 4.78 is 0. The smallest absolute Gasteiger partial charge is 0.00411 e. The van der Waals surface area contributed by atoms with Crippen molar-refractivity contribution in [2.45, 2.75) is 104 Å². The summed E-state index contributed by atoms with van der Waals surface area (Å²) in [4.78, 5) is 0. The fourth-order valence-corrected chi connectivity index (χ4v) is 1.61. The molecule has 0 aliphatic heterocycles. The van der Waals surface area contributed by atoms with Crippen LogP contribution in [-0.2, 0) is 0 Å². The second-order valence-corrected chi connectivity index (χ2v) is 6.23. The Hall–Kier alpha value is 0.350. The third-order valence-electron chi connectivity index (χ3n) is 3.96. The molecule has 0 spiro atoms. The Balaban J connectivity index is -0.0000000799. The summed E-state index contributed by atoms with van der Waals surface area (Å²) in [5, 5.41) is 0. The van der Waals surface area contributed by atoms with Gasteiger partial charge in [0.2, 0.25) is 0 Å². The molecule has 0 bridgehead atoms. The molecule has 0 fully saturated rings. The maximum atomic E-state index is 4.43. The molecule has 20 heavy (non-hydrogen) atoms. The van der Waals surface area contributed by atoms with Crippen LogP contribution in [0.4, 0.5) is 0 Å². The average molecular weight is 309 g/mol. The van der Waals surface area contributed by atoms with Crippen LogP contribution >= 0.6 is 12.6 Å². The fraction of sp³-hybridized carbons (Fsp3) is 1.00. The van der Waals surface area contributed by atoms with Crippen molar-refractivity contribution in [3.8, 4) is 0 Å². The van der Waals surface area contributed by atoms with E-state index < -0.39 is 0 Å². The summed E-state index contributed by atoms with van der Waals surface area (Å²) in [6, 6.07) is 0. The SMILES string of the molecule is CC.CC.CC.CC.CC(C)(C)C(C)(C)C(C)(C)CS. The van der Waals surface area contributed by atoms with Crippen molar-refractivity contribution >= 4 is 12.6 Å². The van der Waals surface area contributed by atoms with E-state index in [1.54, 1.807) is 0 Å². The monoisotopic (exact) mass is 308 g/mol. The minimum Gasteiger partial charge on any atom is -0.179 e. The van der Waals surface area contributed by atoms with Crippen LogP contribution in [0.2, 0.25) is 0 Å². The van der Waals surface area contributed by atoms with Gasteiger partial charge >= 0.3 is 0 Å². The standard InChI is InChI=1S/C11H24S.4C2H6/c1-9(2,3)11(6,7)10(4,5)8-12;4*1-2/h12H,8H2,1-7H3;4*1-2H3. The second-order valence-electron chi connectivity index (χ2n) is 5.92. The molecular weight excluding hydrogens is 260 g/mol. The van der Waals surface area contributed by atoms with Gasteiger partial charge in [-0.3, -0.25) is 0 Å². The molecule has 1 heteroatoms. The van der Waals surface area contributed by atoms with E-state index in [1.807, 2.05) is 55.4 Å². The first kappa shape index (κ1) is 32.3.